The first-order valence-electron chi connectivity index (χ1n) is 6.91. The molecule has 1 N–H and O–H groups in total. The van der Waals surface area contributed by atoms with E-state index in [2.05, 4.69) is 15.6 Å². The van der Waals surface area contributed by atoms with Crippen LogP contribution in [0.3, 0.4) is 0 Å². The number of rotatable bonds is 3. The van der Waals surface area contributed by atoms with Crippen LogP contribution < -0.4 is 5.32 Å². The zero-order chi connectivity index (χ0) is 15.5. The highest BCUT2D eigenvalue weighted by Crippen LogP contribution is 2.24. The van der Waals surface area contributed by atoms with Gasteiger partial charge in [0.25, 0.3) is 5.91 Å². The first-order valence-corrected chi connectivity index (χ1v) is 6.91. The van der Waals surface area contributed by atoms with Gasteiger partial charge in [0.05, 0.1) is 0 Å². The van der Waals surface area contributed by atoms with Crippen LogP contribution in [0.2, 0.25) is 0 Å². The Kier molecular flexibility index (Phi) is 3.70. The van der Waals surface area contributed by atoms with Crippen LogP contribution in [0, 0.1) is 13.8 Å². The van der Waals surface area contributed by atoms with Gasteiger partial charge in [0, 0.05) is 11.1 Å². The molecule has 0 bridgehead atoms. The predicted octanol–water partition coefficient (Wildman–Crippen LogP) is 3.61. The molecule has 0 fully saturated rings. The van der Waals surface area contributed by atoms with Crippen molar-refractivity contribution >= 4 is 11.7 Å². The van der Waals surface area contributed by atoms with Gasteiger partial charge >= 0.3 is 0 Å². The number of aryl methyl sites for hydroxylation is 2. The summed E-state index contributed by atoms with van der Waals surface area (Å²) in [6, 6.07) is 15.1. The Morgan fingerprint density at radius 2 is 1.50 bits per heavy atom. The summed E-state index contributed by atoms with van der Waals surface area (Å²) in [7, 11) is 0. The Balaban J connectivity index is 1.84. The maximum atomic E-state index is 12.2. The van der Waals surface area contributed by atoms with Crippen molar-refractivity contribution in [3.8, 4) is 11.3 Å². The summed E-state index contributed by atoms with van der Waals surface area (Å²) < 4.78 is 4.77. The second kappa shape index (κ2) is 5.81. The quantitative estimate of drug-likeness (QED) is 0.801. The monoisotopic (exact) mass is 293 g/mol. The minimum absolute atomic E-state index is 0.246. The molecule has 0 atom stereocenters. The van der Waals surface area contributed by atoms with E-state index in [0.29, 0.717) is 17.1 Å². The molecule has 5 nitrogen and oxygen atoms in total. The minimum Gasteiger partial charge on any atom is -0.302 e. The van der Waals surface area contributed by atoms with Gasteiger partial charge in [0.1, 0.15) is 0 Å². The van der Waals surface area contributed by atoms with Gasteiger partial charge in [-0.1, -0.05) is 47.5 Å². The molecule has 3 aromatic rings. The Morgan fingerprint density at radius 3 is 2.14 bits per heavy atom. The zero-order valence-electron chi connectivity index (χ0n) is 12.3. The van der Waals surface area contributed by atoms with Crippen LogP contribution in [0.25, 0.3) is 11.3 Å². The summed E-state index contributed by atoms with van der Waals surface area (Å²) in [4.78, 5) is 12.2. The third-order valence-corrected chi connectivity index (χ3v) is 3.36. The second-order valence-electron chi connectivity index (χ2n) is 5.15. The molecule has 1 amide bonds. The number of nitrogens with one attached hydrogen (secondary N) is 1. The van der Waals surface area contributed by atoms with E-state index >= 15 is 0 Å². The number of benzene rings is 2. The van der Waals surface area contributed by atoms with Crippen LogP contribution in [0.1, 0.15) is 21.5 Å². The molecule has 0 unspecified atom stereocenters. The van der Waals surface area contributed by atoms with E-state index in [1.54, 1.807) is 12.1 Å². The lowest BCUT2D eigenvalue weighted by atomic mass is 10.1. The van der Waals surface area contributed by atoms with Gasteiger partial charge in [-0.05, 0) is 36.3 Å². The standard InChI is InChI=1S/C17H15N3O2/c1-11-3-7-13(8-4-11)15-16(20-22-19-15)18-17(21)14-9-5-12(2)6-10-14/h3-10H,1-2H3,(H,18,20,21). The van der Waals surface area contributed by atoms with Gasteiger partial charge in [-0.2, -0.15) is 0 Å². The summed E-state index contributed by atoms with van der Waals surface area (Å²) in [5.41, 5.74) is 4.15. The van der Waals surface area contributed by atoms with Crippen molar-refractivity contribution in [2.45, 2.75) is 13.8 Å². The van der Waals surface area contributed by atoms with Crippen LogP contribution in [0.4, 0.5) is 5.82 Å². The molecule has 1 heterocycles. The number of hydrogen-bond donors (Lipinski definition) is 1. The molecule has 2 aromatic carbocycles. The molecule has 0 radical (unpaired) electrons. The first kappa shape index (κ1) is 14.0. The maximum absolute atomic E-state index is 12.2. The molecule has 5 heteroatoms. The van der Waals surface area contributed by atoms with Crippen LogP contribution in [0.5, 0.6) is 0 Å². The molecule has 0 aliphatic heterocycles. The third kappa shape index (κ3) is 2.88. The van der Waals surface area contributed by atoms with Crippen LogP contribution in [0.15, 0.2) is 53.2 Å². The van der Waals surface area contributed by atoms with Gasteiger partial charge in [-0.15, -0.1) is 0 Å². The average molecular weight is 293 g/mol. The number of nitrogens with zero attached hydrogens (tertiary/aromatic N) is 2. The number of hydrogen-bond acceptors (Lipinski definition) is 4. The number of amides is 1. The summed E-state index contributed by atoms with van der Waals surface area (Å²) in [6.07, 6.45) is 0. The SMILES string of the molecule is Cc1ccc(C(=O)Nc2nonc2-c2ccc(C)cc2)cc1. The summed E-state index contributed by atoms with van der Waals surface area (Å²) in [6.45, 7) is 3.98. The van der Waals surface area contributed by atoms with Gasteiger partial charge < -0.3 is 5.32 Å². The lowest BCUT2D eigenvalue weighted by Gasteiger charge is -2.04. The van der Waals surface area contributed by atoms with Crippen molar-refractivity contribution in [3.05, 3.63) is 65.2 Å². The van der Waals surface area contributed by atoms with Crippen molar-refractivity contribution in [1.82, 2.24) is 10.3 Å². The van der Waals surface area contributed by atoms with E-state index in [4.69, 9.17) is 4.63 Å². The van der Waals surface area contributed by atoms with Crippen molar-refractivity contribution < 1.29 is 9.42 Å². The van der Waals surface area contributed by atoms with E-state index in [1.165, 1.54) is 0 Å². The normalized spacial score (nSPS) is 10.5. The van der Waals surface area contributed by atoms with Gasteiger partial charge in [0.15, 0.2) is 5.69 Å². The van der Waals surface area contributed by atoms with Crippen LogP contribution in [-0.4, -0.2) is 16.2 Å². The number of carbonyl (C=O) groups is 1. The van der Waals surface area contributed by atoms with Gasteiger partial charge in [-0.25, -0.2) is 4.63 Å². The van der Waals surface area contributed by atoms with Crippen LogP contribution >= 0.6 is 0 Å². The van der Waals surface area contributed by atoms with Gasteiger partial charge in [-0.3, -0.25) is 4.79 Å². The molecule has 110 valence electrons. The van der Waals surface area contributed by atoms with E-state index in [1.807, 2.05) is 50.2 Å². The van der Waals surface area contributed by atoms with Crippen molar-refractivity contribution in [2.24, 2.45) is 0 Å². The molecule has 1 aromatic heterocycles. The Labute approximate surface area is 127 Å². The van der Waals surface area contributed by atoms with E-state index in [9.17, 15) is 4.79 Å². The molecule has 0 aliphatic carbocycles. The zero-order valence-corrected chi connectivity index (χ0v) is 12.3. The number of anilines is 1. The summed E-state index contributed by atoms with van der Waals surface area (Å²) in [5.74, 6) is 0.0680. The molecule has 22 heavy (non-hydrogen) atoms. The molecule has 0 saturated carbocycles. The lowest BCUT2D eigenvalue weighted by Crippen LogP contribution is -2.12. The fourth-order valence-corrected chi connectivity index (χ4v) is 2.06. The highest BCUT2D eigenvalue weighted by atomic mass is 16.6. The molecular weight excluding hydrogens is 278 g/mol. The minimum atomic E-state index is -0.246. The highest BCUT2D eigenvalue weighted by Gasteiger charge is 2.15. The second-order valence-corrected chi connectivity index (χ2v) is 5.15. The number of carbonyl (C=O) groups excluding carboxylic acids is 1. The first-order chi connectivity index (χ1) is 10.6. The van der Waals surface area contributed by atoms with Crippen molar-refractivity contribution in [2.75, 3.05) is 5.32 Å². The van der Waals surface area contributed by atoms with E-state index in [0.717, 1.165) is 16.7 Å². The number of aromatic nitrogens is 2. The topological polar surface area (TPSA) is 68.0 Å². The fourth-order valence-electron chi connectivity index (χ4n) is 2.06. The van der Waals surface area contributed by atoms with Crippen molar-refractivity contribution in [1.29, 1.82) is 0 Å². The molecule has 3 rings (SSSR count). The van der Waals surface area contributed by atoms with E-state index < -0.39 is 0 Å². The van der Waals surface area contributed by atoms with Crippen molar-refractivity contribution in [3.63, 3.8) is 0 Å². The average Bonchev–Trinajstić information content (AvgIpc) is 2.97. The summed E-state index contributed by atoms with van der Waals surface area (Å²) >= 11 is 0. The predicted molar refractivity (Wildman–Crippen MR) is 83.6 cm³/mol. The molecular formula is C17H15N3O2. The smallest absolute Gasteiger partial charge is 0.256 e. The Bertz CT molecular complexity index is 790. The Hall–Kier alpha value is -2.95. The Morgan fingerprint density at radius 1 is 0.909 bits per heavy atom. The molecule has 0 spiro atoms. The molecule has 0 saturated heterocycles. The summed E-state index contributed by atoms with van der Waals surface area (Å²) in [5, 5.41) is 10.4. The lowest BCUT2D eigenvalue weighted by molar-refractivity contribution is 0.102. The maximum Gasteiger partial charge on any atom is 0.256 e. The van der Waals surface area contributed by atoms with Crippen LogP contribution in [-0.2, 0) is 0 Å². The third-order valence-electron chi connectivity index (χ3n) is 3.36. The van der Waals surface area contributed by atoms with Gasteiger partial charge in [0.2, 0.25) is 5.82 Å². The fraction of sp³-hybridized carbons (Fsp3) is 0.118. The molecule has 0 aliphatic rings. The largest absolute Gasteiger partial charge is 0.302 e. The van der Waals surface area contributed by atoms with E-state index in [-0.39, 0.29) is 5.91 Å². The highest BCUT2D eigenvalue weighted by molar-refractivity contribution is 6.05.